The van der Waals surface area contributed by atoms with Crippen molar-refractivity contribution in [2.75, 3.05) is 0 Å². The maximum atomic E-state index is 10.6. The predicted molar refractivity (Wildman–Crippen MR) is 47.3 cm³/mol. The average molecular weight is 182 g/mol. The van der Waals surface area contributed by atoms with Gasteiger partial charge in [-0.25, -0.2) is 9.59 Å². The van der Waals surface area contributed by atoms with Crippen LogP contribution >= 0.6 is 0 Å². The van der Waals surface area contributed by atoms with Crippen molar-refractivity contribution in [3.63, 3.8) is 0 Å². The molecule has 0 spiro atoms. The lowest BCUT2D eigenvalue weighted by Gasteiger charge is -2.01. The Bertz CT molecular complexity index is 286. The first-order valence-corrected chi connectivity index (χ1v) is 3.47. The number of aliphatic carboxylic acids is 2. The Hall–Kier alpha value is -1.84. The van der Waals surface area contributed by atoms with Crippen molar-refractivity contribution < 1.29 is 19.8 Å². The normalized spacial score (nSPS) is 11.4. The van der Waals surface area contributed by atoms with E-state index in [2.05, 4.69) is 13.2 Å². The molecule has 0 aliphatic heterocycles. The van der Waals surface area contributed by atoms with E-state index in [0.717, 1.165) is 6.08 Å². The molecule has 0 bridgehead atoms. The lowest BCUT2D eigenvalue weighted by molar-refractivity contribution is -0.135. The summed E-state index contributed by atoms with van der Waals surface area (Å²) in [6, 6.07) is 0. The molecule has 0 rings (SSSR count). The third-order valence-corrected chi connectivity index (χ3v) is 1.37. The number of allylic oxidation sites excluding steroid dienone is 1. The number of rotatable bonds is 5. The van der Waals surface area contributed by atoms with E-state index in [1.807, 2.05) is 0 Å². The summed E-state index contributed by atoms with van der Waals surface area (Å²) >= 11 is 0. The molecule has 0 amide bonds. The Kier molecular flexibility index (Phi) is 4.23. The fourth-order valence-electron chi connectivity index (χ4n) is 0.796. The van der Waals surface area contributed by atoms with Crippen molar-refractivity contribution >= 4 is 11.9 Å². The lowest BCUT2D eigenvalue weighted by Crippen LogP contribution is -2.09. The smallest absolute Gasteiger partial charge is 0.336 e. The fourth-order valence-corrected chi connectivity index (χ4v) is 0.796. The molecule has 0 aromatic rings. The van der Waals surface area contributed by atoms with Crippen LogP contribution in [-0.2, 0) is 9.59 Å². The summed E-state index contributed by atoms with van der Waals surface area (Å²) in [5.41, 5.74) is -0.509. The molecule has 0 fully saturated rings. The summed E-state index contributed by atoms with van der Waals surface area (Å²) in [6.07, 6.45) is 2.34. The van der Waals surface area contributed by atoms with E-state index < -0.39 is 11.9 Å². The quantitative estimate of drug-likeness (QED) is 0.380. The third-order valence-electron chi connectivity index (χ3n) is 1.37. The van der Waals surface area contributed by atoms with Gasteiger partial charge in [0, 0.05) is 0 Å². The number of carboxylic acid groups (broad SMARTS) is 2. The van der Waals surface area contributed by atoms with Gasteiger partial charge in [-0.2, -0.15) is 0 Å². The van der Waals surface area contributed by atoms with Crippen LogP contribution in [0.3, 0.4) is 0 Å². The van der Waals surface area contributed by atoms with Crippen molar-refractivity contribution in [2.45, 2.75) is 6.42 Å². The van der Waals surface area contributed by atoms with Gasteiger partial charge in [-0.3, -0.25) is 0 Å². The number of carboxylic acids is 2. The van der Waals surface area contributed by atoms with E-state index in [0.29, 0.717) is 0 Å². The highest BCUT2D eigenvalue weighted by atomic mass is 16.4. The van der Waals surface area contributed by atoms with Gasteiger partial charge in [-0.15, -0.1) is 6.58 Å². The van der Waals surface area contributed by atoms with E-state index in [1.165, 1.54) is 6.08 Å². The van der Waals surface area contributed by atoms with Crippen LogP contribution in [0.2, 0.25) is 0 Å². The fraction of sp³-hybridized carbons (Fsp3) is 0.111. The average Bonchev–Trinajstić information content (AvgIpc) is 2.03. The monoisotopic (exact) mass is 182 g/mol. The molecular weight excluding hydrogens is 172 g/mol. The first-order chi connectivity index (χ1) is 6.04. The van der Waals surface area contributed by atoms with E-state index in [-0.39, 0.29) is 17.6 Å². The summed E-state index contributed by atoms with van der Waals surface area (Å²) in [6.45, 7) is 6.57. The SMILES string of the molecule is C=CC/C(C(=O)O)=C(\C=C)C(=O)O. The van der Waals surface area contributed by atoms with E-state index in [4.69, 9.17) is 10.2 Å². The summed E-state index contributed by atoms with van der Waals surface area (Å²) < 4.78 is 0. The third kappa shape index (κ3) is 2.94. The lowest BCUT2D eigenvalue weighted by atomic mass is 10.1. The van der Waals surface area contributed by atoms with Crippen LogP contribution in [0.1, 0.15) is 6.42 Å². The highest BCUT2D eigenvalue weighted by Crippen LogP contribution is 2.11. The highest BCUT2D eigenvalue weighted by Gasteiger charge is 2.15. The van der Waals surface area contributed by atoms with Gasteiger partial charge in [-0.1, -0.05) is 18.7 Å². The minimum absolute atomic E-state index is 0.00296. The molecule has 4 heteroatoms. The Morgan fingerprint density at radius 2 is 1.69 bits per heavy atom. The predicted octanol–water partition coefficient (Wildman–Crippen LogP) is 1.21. The van der Waals surface area contributed by atoms with Gasteiger partial charge in [0.15, 0.2) is 0 Å². The molecule has 0 aromatic carbocycles. The van der Waals surface area contributed by atoms with Gasteiger partial charge in [0.25, 0.3) is 0 Å². The number of hydrogen-bond acceptors (Lipinski definition) is 2. The second-order valence-corrected chi connectivity index (χ2v) is 2.20. The van der Waals surface area contributed by atoms with E-state index in [9.17, 15) is 9.59 Å². The molecule has 0 saturated carbocycles. The Labute approximate surface area is 75.5 Å². The van der Waals surface area contributed by atoms with Crippen LogP contribution in [0.25, 0.3) is 0 Å². The van der Waals surface area contributed by atoms with Gasteiger partial charge in [0.2, 0.25) is 0 Å². The van der Waals surface area contributed by atoms with Crippen molar-refractivity contribution in [1.29, 1.82) is 0 Å². The van der Waals surface area contributed by atoms with Crippen LogP contribution in [-0.4, -0.2) is 22.2 Å². The molecule has 0 aromatic heterocycles. The molecule has 0 aliphatic carbocycles. The van der Waals surface area contributed by atoms with Gasteiger partial charge in [0.05, 0.1) is 11.1 Å². The van der Waals surface area contributed by atoms with Crippen LogP contribution in [0.4, 0.5) is 0 Å². The second kappa shape index (κ2) is 4.92. The number of carbonyl (C=O) groups is 2. The Balaban J connectivity index is 5.23. The van der Waals surface area contributed by atoms with Crippen molar-refractivity contribution in [2.24, 2.45) is 0 Å². The molecule has 0 radical (unpaired) electrons. The van der Waals surface area contributed by atoms with Crippen molar-refractivity contribution in [3.05, 3.63) is 36.5 Å². The summed E-state index contributed by atoms with van der Waals surface area (Å²) in [7, 11) is 0. The zero-order valence-electron chi connectivity index (χ0n) is 6.99. The summed E-state index contributed by atoms with van der Waals surface area (Å²) in [4.78, 5) is 21.1. The van der Waals surface area contributed by atoms with Gasteiger partial charge < -0.3 is 10.2 Å². The summed E-state index contributed by atoms with van der Waals surface area (Å²) in [5, 5.41) is 17.2. The molecule has 0 heterocycles. The highest BCUT2D eigenvalue weighted by molar-refractivity contribution is 6.00. The van der Waals surface area contributed by atoms with Crippen LogP contribution in [0, 0.1) is 0 Å². The van der Waals surface area contributed by atoms with Gasteiger partial charge in [0.1, 0.15) is 0 Å². The minimum Gasteiger partial charge on any atom is -0.478 e. The molecule has 70 valence electrons. The second-order valence-electron chi connectivity index (χ2n) is 2.20. The minimum atomic E-state index is -1.30. The number of hydrogen-bond donors (Lipinski definition) is 2. The molecule has 4 nitrogen and oxygen atoms in total. The van der Waals surface area contributed by atoms with E-state index in [1.54, 1.807) is 0 Å². The maximum absolute atomic E-state index is 10.6. The zero-order valence-corrected chi connectivity index (χ0v) is 6.99. The van der Waals surface area contributed by atoms with Gasteiger partial charge in [-0.05, 0) is 6.42 Å². The summed E-state index contributed by atoms with van der Waals surface area (Å²) in [5.74, 6) is -2.56. The largest absolute Gasteiger partial charge is 0.478 e. The molecule has 2 N–H and O–H groups in total. The first-order valence-electron chi connectivity index (χ1n) is 3.47. The first kappa shape index (κ1) is 11.2. The molecule has 13 heavy (non-hydrogen) atoms. The van der Waals surface area contributed by atoms with E-state index >= 15 is 0 Å². The molecule has 0 unspecified atom stereocenters. The van der Waals surface area contributed by atoms with Crippen LogP contribution < -0.4 is 0 Å². The zero-order chi connectivity index (χ0) is 10.4. The van der Waals surface area contributed by atoms with Gasteiger partial charge >= 0.3 is 11.9 Å². The van der Waals surface area contributed by atoms with Crippen molar-refractivity contribution in [3.8, 4) is 0 Å². The molecule has 0 aliphatic rings. The maximum Gasteiger partial charge on any atom is 0.336 e. The Morgan fingerprint density at radius 1 is 1.15 bits per heavy atom. The van der Waals surface area contributed by atoms with Crippen molar-refractivity contribution in [1.82, 2.24) is 0 Å². The Morgan fingerprint density at radius 3 is 1.92 bits per heavy atom. The topological polar surface area (TPSA) is 74.6 Å². The molecular formula is C9H10O4. The standard InChI is InChI=1S/C9H10O4/c1-3-5-7(9(12)13)6(4-2)8(10)11/h3-4H,1-2,5H2,(H,10,11)(H,12,13)/b7-6-. The molecule has 0 saturated heterocycles. The van der Waals surface area contributed by atoms with Crippen LogP contribution in [0.15, 0.2) is 36.5 Å². The molecule has 0 atom stereocenters. The van der Waals surface area contributed by atoms with Crippen LogP contribution in [0.5, 0.6) is 0 Å².